The van der Waals surface area contributed by atoms with E-state index in [0.717, 1.165) is 25.7 Å². The van der Waals surface area contributed by atoms with Crippen LogP contribution in [0.2, 0.25) is 0 Å². The first-order chi connectivity index (χ1) is 10.6. The third-order valence-electron chi connectivity index (χ3n) is 4.02. The molecule has 6 nitrogen and oxygen atoms in total. The maximum absolute atomic E-state index is 12.0. The van der Waals surface area contributed by atoms with Gasteiger partial charge >= 0.3 is 6.03 Å². The highest BCUT2D eigenvalue weighted by Gasteiger charge is 2.16. The average Bonchev–Trinajstić information content (AvgIpc) is 2.78. The molecule has 1 aliphatic rings. The number of amides is 3. The zero-order valence-corrected chi connectivity index (χ0v) is 13.3. The van der Waals surface area contributed by atoms with Gasteiger partial charge in [-0.25, -0.2) is 10.2 Å². The van der Waals surface area contributed by atoms with Gasteiger partial charge in [0.1, 0.15) is 11.5 Å². The van der Waals surface area contributed by atoms with Gasteiger partial charge in [0.05, 0.1) is 5.56 Å². The fourth-order valence-corrected chi connectivity index (χ4v) is 2.86. The molecule has 1 fully saturated rings. The van der Waals surface area contributed by atoms with E-state index in [0.29, 0.717) is 17.1 Å². The second-order valence-electron chi connectivity index (χ2n) is 5.92. The van der Waals surface area contributed by atoms with E-state index in [1.165, 1.54) is 19.3 Å². The predicted octanol–water partition coefficient (Wildman–Crippen LogP) is 2.95. The smallest absolute Gasteiger partial charge is 0.333 e. The summed E-state index contributed by atoms with van der Waals surface area (Å²) in [4.78, 5) is 23.8. The van der Waals surface area contributed by atoms with Gasteiger partial charge in [-0.05, 0) is 32.8 Å². The van der Waals surface area contributed by atoms with Crippen LogP contribution in [-0.4, -0.2) is 18.0 Å². The highest BCUT2D eigenvalue weighted by molar-refractivity contribution is 5.96. The van der Waals surface area contributed by atoms with Gasteiger partial charge in [-0.15, -0.1) is 0 Å². The fourth-order valence-electron chi connectivity index (χ4n) is 2.86. The molecule has 2 rings (SSSR count). The van der Waals surface area contributed by atoms with Gasteiger partial charge < -0.3 is 9.73 Å². The topological polar surface area (TPSA) is 83.4 Å². The Hall–Kier alpha value is -1.98. The van der Waals surface area contributed by atoms with Gasteiger partial charge in [0, 0.05) is 6.04 Å². The van der Waals surface area contributed by atoms with Crippen LogP contribution in [0, 0.1) is 13.8 Å². The standard InChI is InChI=1S/C16H25N3O3/c1-11-10-14(12(2)22-11)15(20)18-19-16(21)17-13-8-6-4-3-5-7-9-13/h10,13H,3-9H2,1-2H3,(H,18,20)(H2,17,19,21). The van der Waals surface area contributed by atoms with Gasteiger partial charge in [-0.2, -0.15) is 0 Å². The number of carbonyl (C=O) groups is 2. The molecule has 22 heavy (non-hydrogen) atoms. The summed E-state index contributed by atoms with van der Waals surface area (Å²) in [5.74, 6) is 0.834. The van der Waals surface area contributed by atoms with Gasteiger partial charge in [0.25, 0.3) is 5.91 Å². The van der Waals surface area contributed by atoms with Crippen LogP contribution in [0.4, 0.5) is 4.79 Å². The molecule has 0 spiro atoms. The first-order valence-electron chi connectivity index (χ1n) is 8.00. The van der Waals surface area contributed by atoms with Crippen molar-refractivity contribution in [3.05, 3.63) is 23.2 Å². The summed E-state index contributed by atoms with van der Waals surface area (Å²) < 4.78 is 5.30. The van der Waals surface area contributed by atoms with Gasteiger partial charge in [0.2, 0.25) is 0 Å². The number of hydrazine groups is 1. The van der Waals surface area contributed by atoms with Gasteiger partial charge in [0.15, 0.2) is 0 Å². The van der Waals surface area contributed by atoms with Crippen LogP contribution in [0.15, 0.2) is 10.5 Å². The third-order valence-corrected chi connectivity index (χ3v) is 4.02. The number of hydrogen-bond acceptors (Lipinski definition) is 3. The summed E-state index contributed by atoms with van der Waals surface area (Å²) in [5.41, 5.74) is 5.25. The summed E-state index contributed by atoms with van der Waals surface area (Å²) >= 11 is 0. The van der Waals surface area contributed by atoms with Gasteiger partial charge in [-0.3, -0.25) is 10.2 Å². The lowest BCUT2D eigenvalue weighted by molar-refractivity contribution is 0.0934. The van der Waals surface area contributed by atoms with Crippen molar-refractivity contribution in [1.29, 1.82) is 0 Å². The van der Waals surface area contributed by atoms with Crippen LogP contribution in [0.25, 0.3) is 0 Å². The minimum Gasteiger partial charge on any atom is -0.466 e. The predicted molar refractivity (Wildman–Crippen MR) is 83.4 cm³/mol. The van der Waals surface area contributed by atoms with Crippen LogP contribution >= 0.6 is 0 Å². The van der Waals surface area contributed by atoms with Crippen LogP contribution in [-0.2, 0) is 0 Å². The highest BCUT2D eigenvalue weighted by atomic mass is 16.3. The molecule has 0 radical (unpaired) electrons. The molecule has 3 N–H and O–H groups in total. The van der Waals surface area contributed by atoms with Crippen molar-refractivity contribution in [2.24, 2.45) is 0 Å². The quantitative estimate of drug-likeness (QED) is 0.735. The largest absolute Gasteiger partial charge is 0.466 e. The highest BCUT2D eigenvalue weighted by Crippen LogP contribution is 2.17. The van der Waals surface area contributed by atoms with Gasteiger partial charge in [-0.1, -0.05) is 32.1 Å². The Morgan fingerprint density at radius 3 is 2.27 bits per heavy atom. The van der Waals surface area contributed by atoms with Crippen molar-refractivity contribution < 1.29 is 14.0 Å². The van der Waals surface area contributed by atoms with Crippen molar-refractivity contribution in [2.75, 3.05) is 0 Å². The molecule has 6 heteroatoms. The lowest BCUT2D eigenvalue weighted by atomic mass is 9.97. The molecule has 3 amide bonds. The summed E-state index contributed by atoms with van der Waals surface area (Å²) in [6.45, 7) is 3.50. The number of hydrogen-bond donors (Lipinski definition) is 3. The van der Waals surface area contributed by atoms with Crippen LogP contribution in [0.1, 0.15) is 66.8 Å². The normalized spacial score (nSPS) is 16.5. The second kappa shape index (κ2) is 7.87. The minimum atomic E-state index is -0.373. The molecule has 1 heterocycles. The zero-order valence-electron chi connectivity index (χ0n) is 13.3. The number of furan rings is 1. The Balaban J connectivity index is 1.77. The summed E-state index contributed by atoms with van der Waals surface area (Å²) in [7, 11) is 0. The lowest BCUT2D eigenvalue weighted by Gasteiger charge is -2.21. The molecule has 0 bridgehead atoms. The van der Waals surface area contributed by atoms with Crippen molar-refractivity contribution in [3.8, 4) is 0 Å². The van der Waals surface area contributed by atoms with E-state index in [-0.39, 0.29) is 18.0 Å². The summed E-state index contributed by atoms with van der Waals surface area (Å²) in [6, 6.07) is 1.48. The maximum atomic E-state index is 12.0. The Bertz CT molecular complexity index is 517. The van der Waals surface area contributed by atoms with E-state index in [2.05, 4.69) is 16.2 Å². The van der Waals surface area contributed by atoms with E-state index in [9.17, 15) is 9.59 Å². The average molecular weight is 307 g/mol. The second-order valence-corrected chi connectivity index (χ2v) is 5.92. The zero-order chi connectivity index (χ0) is 15.9. The van der Waals surface area contributed by atoms with E-state index in [1.54, 1.807) is 19.9 Å². The minimum absolute atomic E-state index is 0.190. The molecule has 0 atom stereocenters. The first kappa shape index (κ1) is 16.4. The van der Waals surface area contributed by atoms with Crippen LogP contribution < -0.4 is 16.2 Å². The summed E-state index contributed by atoms with van der Waals surface area (Å²) in [6.07, 6.45) is 8.04. The molecule has 0 saturated heterocycles. The van der Waals surface area contributed by atoms with Crippen molar-refractivity contribution in [3.63, 3.8) is 0 Å². The van der Waals surface area contributed by atoms with Crippen LogP contribution in [0.3, 0.4) is 0 Å². The Kier molecular flexibility index (Phi) is 5.86. The number of urea groups is 1. The SMILES string of the molecule is Cc1cc(C(=O)NNC(=O)NC2CCCCCCC2)c(C)o1. The molecular weight excluding hydrogens is 282 g/mol. The molecule has 0 unspecified atom stereocenters. The maximum Gasteiger partial charge on any atom is 0.333 e. The number of nitrogens with one attached hydrogen (secondary N) is 3. The van der Waals surface area contributed by atoms with Crippen molar-refractivity contribution >= 4 is 11.9 Å². The molecule has 1 aromatic rings. The number of carbonyl (C=O) groups excluding carboxylic acids is 2. The monoisotopic (exact) mass is 307 g/mol. The van der Waals surface area contributed by atoms with E-state index >= 15 is 0 Å². The molecular formula is C16H25N3O3. The van der Waals surface area contributed by atoms with Crippen LogP contribution in [0.5, 0.6) is 0 Å². The third kappa shape index (κ3) is 4.79. The molecule has 1 aliphatic carbocycles. The van der Waals surface area contributed by atoms with E-state index in [4.69, 9.17) is 4.42 Å². The van der Waals surface area contributed by atoms with E-state index in [1.807, 2.05) is 0 Å². The molecule has 122 valence electrons. The number of aryl methyl sites for hydroxylation is 2. The van der Waals surface area contributed by atoms with E-state index < -0.39 is 0 Å². The fraction of sp³-hybridized carbons (Fsp3) is 0.625. The Morgan fingerprint density at radius 1 is 1.05 bits per heavy atom. The molecule has 1 aromatic heterocycles. The molecule has 0 aliphatic heterocycles. The van der Waals surface area contributed by atoms with Crippen molar-refractivity contribution in [1.82, 2.24) is 16.2 Å². The summed E-state index contributed by atoms with van der Waals surface area (Å²) in [5, 5.41) is 2.93. The molecule has 0 aromatic carbocycles. The number of rotatable bonds is 2. The van der Waals surface area contributed by atoms with Crippen molar-refractivity contribution in [2.45, 2.75) is 64.8 Å². The Morgan fingerprint density at radius 2 is 1.68 bits per heavy atom. The Labute approximate surface area is 131 Å². The molecule has 1 saturated carbocycles. The first-order valence-corrected chi connectivity index (χ1v) is 8.00. The lowest BCUT2D eigenvalue weighted by Crippen LogP contribution is -2.50.